The average molecular weight is 449 g/mol. The second-order valence-electron chi connectivity index (χ2n) is 6.83. The fraction of sp³-hybridized carbons (Fsp3) is 0.300. The number of aromatic nitrogens is 2. The normalized spacial score (nSPS) is 13.9. The number of alkyl halides is 2. The number of rotatable bonds is 11. The van der Waals surface area contributed by atoms with Crippen LogP contribution in [0.2, 0.25) is 0 Å². The molecule has 1 aromatic heterocycles. The van der Waals surface area contributed by atoms with E-state index in [4.69, 9.17) is 5.73 Å². The molecule has 9 nitrogen and oxygen atoms in total. The highest BCUT2D eigenvalue weighted by atomic mass is 19.3. The highest BCUT2D eigenvalue weighted by Gasteiger charge is 2.22. The maximum Gasteiger partial charge on any atom is 0.387 e. The van der Waals surface area contributed by atoms with Crippen molar-refractivity contribution in [2.24, 2.45) is 10.7 Å². The lowest BCUT2D eigenvalue weighted by Crippen LogP contribution is -2.27. The minimum atomic E-state index is -2.94. The Morgan fingerprint density at radius 1 is 1.38 bits per heavy atom. The molecule has 2 aromatic rings. The number of nitrogens with one attached hydrogen (secondary N) is 3. The summed E-state index contributed by atoms with van der Waals surface area (Å²) in [4.78, 5) is 23.5. The summed E-state index contributed by atoms with van der Waals surface area (Å²) in [5.41, 5.74) is 6.44. The first-order valence-electron chi connectivity index (χ1n) is 9.71. The van der Waals surface area contributed by atoms with E-state index in [0.29, 0.717) is 11.3 Å². The standard InChI is InChI=1S/C20H22F3N7O2/c21-16-10-27-20(29-14(7-24)9-25-11-17(31)28-13-4-5-13)30-18(16)26-8-12-2-1-3-15(6-12)32-19(22)23/h1-3,6-7,9-10,13,19H,4-5,8,11,24H2,(H,28,31)(H2,26,27,29,30). The number of nitrogens with two attached hydrogens (primary N) is 1. The smallest absolute Gasteiger partial charge is 0.387 e. The summed E-state index contributed by atoms with van der Waals surface area (Å²) < 4.78 is 43.1. The van der Waals surface area contributed by atoms with E-state index in [0.717, 1.165) is 19.0 Å². The molecule has 0 aliphatic heterocycles. The molecule has 0 atom stereocenters. The van der Waals surface area contributed by atoms with Crippen LogP contribution in [-0.2, 0) is 11.3 Å². The average Bonchev–Trinajstić information content (AvgIpc) is 3.57. The summed E-state index contributed by atoms with van der Waals surface area (Å²) in [5, 5.41) is 8.36. The number of carbonyl (C=O) groups excluding carboxylic acids is 1. The van der Waals surface area contributed by atoms with Gasteiger partial charge in [-0.25, -0.2) is 9.37 Å². The van der Waals surface area contributed by atoms with Crippen molar-refractivity contribution in [3.63, 3.8) is 0 Å². The van der Waals surface area contributed by atoms with Crippen LogP contribution in [0, 0.1) is 5.82 Å². The number of anilines is 2. The van der Waals surface area contributed by atoms with Crippen LogP contribution in [0.25, 0.3) is 0 Å². The van der Waals surface area contributed by atoms with E-state index in [1.54, 1.807) is 12.1 Å². The number of aliphatic imine (C=N–C) groups is 1. The molecule has 1 amide bonds. The van der Waals surface area contributed by atoms with Crippen molar-refractivity contribution in [3.8, 4) is 5.75 Å². The summed E-state index contributed by atoms with van der Waals surface area (Å²) >= 11 is 0. The van der Waals surface area contributed by atoms with E-state index < -0.39 is 12.4 Å². The Kier molecular flexibility index (Phi) is 7.84. The zero-order chi connectivity index (χ0) is 22.9. The molecule has 3 rings (SSSR count). The van der Waals surface area contributed by atoms with Gasteiger partial charge in [-0.3, -0.25) is 9.79 Å². The topological polar surface area (TPSA) is 127 Å². The van der Waals surface area contributed by atoms with Gasteiger partial charge in [0.25, 0.3) is 0 Å². The van der Waals surface area contributed by atoms with Gasteiger partial charge in [0.15, 0.2) is 11.6 Å². The van der Waals surface area contributed by atoms with Crippen molar-refractivity contribution in [1.82, 2.24) is 15.3 Å². The minimum absolute atomic E-state index is 0.00681. The highest BCUT2D eigenvalue weighted by Crippen LogP contribution is 2.19. The molecule has 0 radical (unpaired) electrons. The molecular weight excluding hydrogens is 427 g/mol. The zero-order valence-electron chi connectivity index (χ0n) is 16.9. The minimum Gasteiger partial charge on any atom is -0.435 e. The number of hydrogen-bond acceptors (Lipinski definition) is 8. The van der Waals surface area contributed by atoms with Crippen LogP contribution in [0.1, 0.15) is 18.4 Å². The molecule has 0 saturated heterocycles. The molecule has 32 heavy (non-hydrogen) atoms. The van der Waals surface area contributed by atoms with Crippen molar-refractivity contribution in [2.45, 2.75) is 32.0 Å². The lowest BCUT2D eigenvalue weighted by Gasteiger charge is -2.11. The first-order valence-corrected chi connectivity index (χ1v) is 9.71. The molecular formula is C20H22F3N7O2. The van der Waals surface area contributed by atoms with Gasteiger partial charge in [0.2, 0.25) is 11.9 Å². The molecule has 1 aliphatic rings. The largest absolute Gasteiger partial charge is 0.435 e. The number of halogens is 3. The third-order valence-electron chi connectivity index (χ3n) is 4.17. The van der Waals surface area contributed by atoms with E-state index in [2.05, 4.69) is 35.6 Å². The van der Waals surface area contributed by atoms with Gasteiger partial charge >= 0.3 is 6.61 Å². The Hall–Kier alpha value is -3.83. The van der Waals surface area contributed by atoms with E-state index in [1.165, 1.54) is 24.5 Å². The molecule has 1 saturated carbocycles. The SMILES string of the molecule is NC=C(C=NCC(=O)NC1CC1)Nc1ncc(F)c(NCc2cccc(OC(F)F)c2)n1. The maximum absolute atomic E-state index is 14.1. The Labute approximate surface area is 182 Å². The Balaban J connectivity index is 1.57. The third kappa shape index (κ3) is 7.45. The molecule has 12 heteroatoms. The zero-order valence-corrected chi connectivity index (χ0v) is 16.9. The number of nitrogens with zero attached hydrogens (tertiary/aromatic N) is 3. The Bertz CT molecular complexity index is 997. The maximum atomic E-state index is 14.1. The van der Waals surface area contributed by atoms with Crippen LogP contribution in [0.3, 0.4) is 0 Å². The molecule has 0 bridgehead atoms. The quantitative estimate of drug-likeness (QED) is 0.388. The third-order valence-corrected chi connectivity index (χ3v) is 4.17. The Morgan fingerprint density at radius 2 is 2.19 bits per heavy atom. The second kappa shape index (κ2) is 11.0. The Morgan fingerprint density at radius 3 is 2.91 bits per heavy atom. The van der Waals surface area contributed by atoms with E-state index in [9.17, 15) is 18.0 Å². The van der Waals surface area contributed by atoms with E-state index >= 15 is 0 Å². The molecule has 1 heterocycles. The fourth-order valence-corrected chi connectivity index (χ4v) is 2.54. The van der Waals surface area contributed by atoms with Gasteiger partial charge < -0.3 is 26.4 Å². The lowest BCUT2D eigenvalue weighted by molar-refractivity contribution is -0.119. The highest BCUT2D eigenvalue weighted by molar-refractivity contribution is 5.85. The molecule has 170 valence electrons. The van der Waals surface area contributed by atoms with Gasteiger partial charge in [0, 0.05) is 25.0 Å². The number of benzene rings is 1. The summed E-state index contributed by atoms with van der Waals surface area (Å²) in [6.45, 7) is -2.89. The summed E-state index contributed by atoms with van der Waals surface area (Å²) in [7, 11) is 0. The first kappa shape index (κ1) is 22.8. The second-order valence-corrected chi connectivity index (χ2v) is 6.83. The number of ether oxygens (including phenoxy) is 1. The van der Waals surface area contributed by atoms with Gasteiger partial charge in [0.05, 0.1) is 11.9 Å². The van der Waals surface area contributed by atoms with Crippen LogP contribution in [0.4, 0.5) is 24.9 Å². The lowest BCUT2D eigenvalue weighted by atomic mass is 10.2. The van der Waals surface area contributed by atoms with Crippen molar-refractivity contribution in [1.29, 1.82) is 0 Å². The predicted molar refractivity (Wildman–Crippen MR) is 113 cm³/mol. The number of hydrogen-bond donors (Lipinski definition) is 4. The molecule has 0 spiro atoms. The monoisotopic (exact) mass is 449 g/mol. The van der Waals surface area contributed by atoms with Crippen molar-refractivity contribution >= 4 is 23.9 Å². The molecule has 1 fully saturated rings. The van der Waals surface area contributed by atoms with Gasteiger partial charge in [-0.2, -0.15) is 13.8 Å². The first-order chi connectivity index (χ1) is 15.4. The van der Waals surface area contributed by atoms with Gasteiger partial charge in [-0.1, -0.05) is 12.1 Å². The van der Waals surface area contributed by atoms with Crippen molar-refractivity contribution in [3.05, 3.63) is 53.7 Å². The fourth-order valence-electron chi connectivity index (χ4n) is 2.54. The van der Waals surface area contributed by atoms with Gasteiger partial charge in [0.1, 0.15) is 12.3 Å². The molecule has 5 N–H and O–H groups in total. The van der Waals surface area contributed by atoms with Crippen LogP contribution in [0.15, 0.2) is 47.4 Å². The summed E-state index contributed by atoms with van der Waals surface area (Å²) in [5.74, 6) is -0.978. The summed E-state index contributed by atoms with van der Waals surface area (Å²) in [6.07, 6.45) is 5.48. The predicted octanol–water partition coefficient (Wildman–Crippen LogP) is 2.39. The van der Waals surface area contributed by atoms with Crippen LogP contribution in [-0.4, -0.2) is 41.3 Å². The van der Waals surface area contributed by atoms with E-state index in [-0.39, 0.29) is 42.6 Å². The van der Waals surface area contributed by atoms with Gasteiger partial charge in [-0.15, -0.1) is 0 Å². The molecule has 1 aromatic carbocycles. The van der Waals surface area contributed by atoms with Crippen LogP contribution >= 0.6 is 0 Å². The van der Waals surface area contributed by atoms with Gasteiger partial charge in [-0.05, 0) is 30.5 Å². The number of carbonyl (C=O) groups is 1. The van der Waals surface area contributed by atoms with E-state index in [1.807, 2.05) is 0 Å². The van der Waals surface area contributed by atoms with Crippen LogP contribution < -0.4 is 26.4 Å². The number of amides is 1. The number of allylic oxidation sites excluding steroid dienone is 1. The van der Waals surface area contributed by atoms with Crippen molar-refractivity contribution in [2.75, 3.05) is 17.2 Å². The van der Waals surface area contributed by atoms with Crippen LogP contribution in [0.5, 0.6) is 5.75 Å². The summed E-state index contributed by atoms with van der Waals surface area (Å²) in [6, 6.07) is 6.25. The molecule has 1 aliphatic carbocycles. The molecule has 0 unspecified atom stereocenters. The van der Waals surface area contributed by atoms with Crippen molar-refractivity contribution < 1.29 is 22.7 Å².